The summed E-state index contributed by atoms with van der Waals surface area (Å²) in [6.45, 7) is 4.84. The van der Waals surface area contributed by atoms with Gasteiger partial charge in [-0.15, -0.1) is 0 Å². The summed E-state index contributed by atoms with van der Waals surface area (Å²) in [7, 11) is 0. The molecular formula is C17H22N4O. The number of rotatable bonds is 3. The Morgan fingerprint density at radius 2 is 1.77 bits per heavy atom. The van der Waals surface area contributed by atoms with Gasteiger partial charge < -0.3 is 16.0 Å². The molecule has 2 aromatic rings. The number of anilines is 1. The lowest BCUT2D eigenvalue weighted by Gasteiger charge is -2.34. The van der Waals surface area contributed by atoms with Gasteiger partial charge in [-0.1, -0.05) is 36.4 Å². The number of urea groups is 1. The number of carbonyl (C=O) groups excluding carboxylic acids is 1. The van der Waals surface area contributed by atoms with Crippen LogP contribution in [0.2, 0.25) is 0 Å². The predicted octanol–water partition coefficient (Wildman–Crippen LogP) is 1.95. The van der Waals surface area contributed by atoms with E-state index in [1.165, 1.54) is 0 Å². The highest BCUT2D eigenvalue weighted by Crippen LogP contribution is 2.23. The van der Waals surface area contributed by atoms with Crippen molar-refractivity contribution in [2.45, 2.75) is 0 Å². The number of hydrogen-bond donors (Lipinski definition) is 2. The Morgan fingerprint density at radius 1 is 1.05 bits per heavy atom. The monoisotopic (exact) mass is 298 g/mol. The molecule has 0 atom stereocenters. The molecule has 22 heavy (non-hydrogen) atoms. The fourth-order valence-corrected chi connectivity index (χ4v) is 2.89. The van der Waals surface area contributed by atoms with Gasteiger partial charge in [0.1, 0.15) is 0 Å². The number of hydrogen-bond acceptors (Lipinski definition) is 3. The van der Waals surface area contributed by atoms with Gasteiger partial charge >= 0.3 is 6.03 Å². The van der Waals surface area contributed by atoms with Crippen LogP contribution >= 0.6 is 0 Å². The number of nitrogens with one attached hydrogen (secondary N) is 1. The molecule has 0 aromatic heterocycles. The lowest BCUT2D eigenvalue weighted by Crippen LogP contribution is -2.50. The SMILES string of the molecule is NCCN1CCN(C(=O)Nc2cccc3ccccc23)CC1. The Kier molecular flexibility index (Phi) is 4.56. The first kappa shape index (κ1) is 14.8. The first-order chi connectivity index (χ1) is 10.8. The Morgan fingerprint density at radius 3 is 2.55 bits per heavy atom. The van der Waals surface area contributed by atoms with Crippen molar-refractivity contribution >= 4 is 22.5 Å². The van der Waals surface area contributed by atoms with Crippen molar-refractivity contribution in [1.82, 2.24) is 9.80 Å². The minimum absolute atomic E-state index is 0.0243. The van der Waals surface area contributed by atoms with Crippen molar-refractivity contribution in [2.24, 2.45) is 5.73 Å². The zero-order valence-electron chi connectivity index (χ0n) is 12.7. The van der Waals surface area contributed by atoms with E-state index in [0.29, 0.717) is 6.54 Å². The van der Waals surface area contributed by atoms with Crippen molar-refractivity contribution in [2.75, 3.05) is 44.6 Å². The molecular weight excluding hydrogens is 276 g/mol. The lowest BCUT2D eigenvalue weighted by atomic mass is 10.1. The standard InChI is InChI=1S/C17H22N4O/c18-8-9-20-10-12-21(13-11-20)17(22)19-16-7-3-5-14-4-1-2-6-15(14)16/h1-7H,8-13,18H2,(H,19,22). The van der Waals surface area contributed by atoms with Crippen molar-refractivity contribution in [3.8, 4) is 0 Å². The molecule has 0 radical (unpaired) electrons. The summed E-state index contributed by atoms with van der Waals surface area (Å²) in [6.07, 6.45) is 0. The maximum Gasteiger partial charge on any atom is 0.321 e. The average molecular weight is 298 g/mol. The third-order valence-electron chi connectivity index (χ3n) is 4.14. The van der Waals surface area contributed by atoms with E-state index < -0.39 is 0 Å². The van der Waals surface area contributed by atoms with Crippen molar-refractivity contribution in [3.63, 3.8) is 0 Å². The summed E-state index contributed by atoms with van der Waals surface area (Å²) in [5.41, 5.74) is 6.44. The fourth-order valence-electron chi connectivity index (χ4n) is 2.89. The number of carbonyl (C=O) groups is 1. The van der Waals surface area contributed by atoms with Crippen LogP contribution in [-0.4, -0.2) is 55.1 Å². The van der Waals surface area contributed by atoms with Crippen molar-refractivity contribution in [3.05, 3.63) is 42.5 Å². The number of piperazine rings is 1. The van der Waals surface area contributed by atoms with Gasteiger partial charge in [-0.05, 0) is 11.5 Å². The van der Waals surface area contributed by atoms with Crippen LogP contribution in [0.4, 0.5) is 10.5 Å². The molecule has 5 nitrogen and oxygen atoms in total. The van der Waals surface area contributed by atoms with E-state index in [4.69, 9.17) is 5.73 Å². The van der Waals surface area contributed by atoms with Gasteiger partial charge in [-0.3, -0.25) is 4.90 Å². The summed E-state index contributed by atoms with van der Waals surface area (Å²) in [5.74, 6) is 0. The van der Waals surface area contributed by atoms with E-state index in [1.54, 1.807) is 0 Å². The normalized spacial score (nSPS) is 16.0. The summed E-state index contributed by atoms with van der Waals surface area (Å²) in [4.78, 5) is 16.6. The molecule has 3 rings (SSSR count). The van der Waals surface area contributed by atoms with Gasteiger partial charge in [0.15, 0.2) is 0 Å². The van der Waals surface area contributed by atoms with E-state index in [2.05, 4.69) is 22.3 Å². The molecule has 1 heterocycles. The minimum atomic E-state index is -0.0243. The van der Waals surface area contributed by atoms with E-state index in [1.807, 2.05) is 35.2 Å². The third kappa shape index (κ3) is 3.21. The molecule has 1 aliphatic heterocycles. The molecule has 0 spiro atoms. The topological polar surface area (TPSA) is 61.6 Å². The van der Waals surface area contributed by atoms with Gasteiger partial charge in [-0.2, -0.15) is 0 Å². The van der Waals surface area contributed by atoms with Crippen LogP contribution in [0.5, 0.6) is 0 Å². The summed E-state index contributed by atoms with van der Waals surface area (Å²) in [6, 6.07) is 14.0. The maximum absolute atomic E-state index is 12.4. The molecule has 0 saturated carbocycles. The average Bonchev–Trinajstić information content (AvgIpc) is 2.56. The molecule has 0 unspecified atom stereocenters. The highest BCUT2D eigenvalue weighted by atomic mass is 16.2. The molecule has 3 N–H and O–H groups in total. The first-order valence-electron chi connectivity index (χ1n) is 7.74. The number of nitrogens with zero attached hydrogens (tertiary/aromatic N) is 2. The molecule has 5 heteroatoms. The van der Waals surface area contributed by atoms with E-state index in [-0.39, 0.29) is 6.03 Å². The minimum Gasteiger partial charge on any atom is -0.329 e. The third-order valence-corrected chi connectivity index (χ3v) is 4.14. The highest BCUT2D eigenvalue weighted by Gasteiger charge is 2.20. The summed E-state index contributed by atoms with van der Waals surface area (Å²) >= 11 is 0. The van der Waals surface area contributed by atoms with Crippen LogP contribution in [0.15, 0.2) is 42.5 Å². The van der Waals surface area contributed by atoms with Gasteiger partial charge in [0.2, 0.25) is 0 Å². The molecule has 0 aliphatic carbocycles. The van der Waals surface area contributed by atoms with Gasteiger partial charge in [0, 0.05) is 44.7 Å². The second kappa shape index (κ2) is 6.77. The lowest BCUT2D eigenvalue weighted by molar-refractivity contribution is 0.149. The summed E-state index contributed by atoms with van der Waals surface area (Å²) < 4.78 is 0. The molecule has 1 fully saturated rings. The van der Waals surface area contributed by atoms with E-state index >= 15 is 0 Å². The van der Waals surface area contributed by atoms with Crippen LogP contribution in [0.1, 0.15) is 0 Å². The second-order valence-corrected chi connectivity index (χ2v) is 5.57. The van der Waals surface area contributed by atoms with E-state index in [0.717, 1.165) is 49.2 Å². The molecule has 2 aromatic carbocycles. The zero-order chi connectivity index (χ0) is 15.4. The summed E-state index contributed by atoms with van der Waals surface area (Å²) in [5, 5.41) is 5.25. The van der Waals surface area contributed by atoms with Crippen molar-refractivity contribution < 1.29 is 4.79 Å². The Labute approximate surface area is 130 Å². The highest BCUT2D eigenvalue weighted by molar-refractivity contribution is 6.01. The smallest absolute Gasteiger partial charge is 0.321 e. The molecule has 2 amide bonds. The van der Waals surface area contributed by atoms with Gasteiger partial charge in [0.05, 0.1) is 5.69 Å². The van der Waals surface area contributed by atoms with Crippen LogP contribution in [0.25, 0.3) is 10.8 Å². The Bertz CT molecular complexity index is 645. The van der Waals surface area contributed by atoms with Crippen molar-refractivity contribution in [1.29, 1.82) is 0 Å². The zero-order valence-corrected chi connectivity index (χ0v) is 12.7. The molecule has 0 bridgehead atoms. The number of benzene rings is 2. The van der Waals surface area contributed by atoms with E-state index in [9.17, 15) is 4.79 Å². The van der Waals surface area contributed by atoms with Crippen LogP contribution in [0.3, 0.4) is 0 Å². The fraction of sp³-hybridized carbons (Fsp3) is 0.353. The predicted molar refractivity (Wildman–Crippen MR) is 90.0 cm³/mol. The van der Waals surface area contributed by atoms with Crippen LogP contribution in [-0.2, 0) is 0 Å². The number of nitrogens with two attached hydrogens (primary N) is 1. The largest absolute Gasteiger partial charge is 0.329 e. The Balaban J connectivity index is 1.67. The maximum atomic E-state index is 12.4. The quantitative estimate of drug-likeness (QED) is 0.910. The number of fused-ring (bicyclic) bond motifs is 1. The van der Waals surface area contributed by atoms with Gasteiger partial charge in [-0.25, -0.2) is 4.79 Å². The van der Waals surface area contributed by atoms with Gasteiger partial charge in [0.25, 0.3) is 0 Å². The molecule has 116 valence electrons. The molecule has 1 aliphatic rings. The second-order valence-electron chi connectivity index (χ2n) is 5.57. The first-order valence-corrected chi connectivity index (χ1v) is 7.74. The Hall–Kier alpha value is -2.11. The number of amides is 2. The van der Waals surface area contributed by atoms with Crippen LogP contribution in [0, 0.1) is 0 Å². The molecule has 1 saturated heterocycles. The van der Waals surface area contributed by atoms with Crippen LogP contribution < -0.4 is 11.1 Å².